The fourth-order valence-electron chi connectivity index (χ4n) is 1.25. The number of nitrogens with zero attached hydrogens (tertiary/aromatic N) is 2. The van der Waals surface area contributed by atoms with E-state index in [1.54, 1.807) is 12.6 Å². The molecule has 0 saturated carbocycles. The lowest BCUT2D eigenvalue weighted by Gasteiger charge is -2.05. The van der Waals surface area contributed by atoms with Gasteiger partial charge in [0.25, 0.3) is 0 Å². The maximum Gasteiger partial charge on any atom is 0.159 e. The molecule has 0 atom stereocenters. The molecule has 1 aromatic carbocycles. The minimum atomic E-state index is 0.572. The van der Waals surface area contributed by atoms with Crippen molar-refractivity contribution in [1.82, 2.24) is 4.98 Å². The Morgan fingerprint density at radius 2 is 2.38 bits per heavy atom. The van der Waals surface area contributed by atoms with Crippen LogP contribution in [0.5, 0.6) is 5.75 Å². The van der Waals surface area contributed by atoms with E-state index < -0.39 is 0 Å². The zero-order valence-electron chi connectivity index (χ0n) is 8.60. The van der Waals surface area contributed by atoms with Crippen molar-refractivity contribution in [3.8, 4) is 11.8 Å². The van der Waals surface area contributed by atoms with Crippen molar-refractivity contribution in [1.29, 1.82) is 5.26 Å². The topological polar surface area (TPSA) is 57.9 Å². The quantitative estimate of drug-likeness (QED) is 0.882. The van der Waals surface area contributed by atoms with Crippen LogP contribution in [0.2, 0.25) is 0 Å². The largest absolute Gasteiger partial charge is 0.497 e. The molecule has 0 aliphatic rings. The molecule has 0 aliphatic heterocycles. The first-order valence-corrected chi connectivity index (χ1v) is 5.46. The van der Waals surface area contributed by atoms with Crippen LogP contribution in [-0.2, 0) is 0 Å². The molecule has 0 unspecified atom stereocenters. The summed E-state index contributed by atoms with van der Waals surface area (Å²) in [6.07, 6.45) is 0. The predicted octanol–water partition coefficient (Wildman–Crippen LogP) is 2.77. The number of nitrogens with one attached hydrogen (secondary N) is 1. The molecular formula is C11H9N3OS. The monoisotopic (exact) mass is 231 g/mol. The van der Waals surface area contributed by atoms with Crippen molar-refractivity contribution >= 4 is 22.8 Å². The van der Waals surface area contributed by atoms with Gasteiger partial charge in [0.1, 0.15) is 16.7 Å². The molecule has 0 spiro atoms. The number of hydrogen-bond donors (Lipinski definition) is 1. The summed E-state index contributed by atoms with van der Waals surface area (Å²) in [7, 11) is 1.61. The zero-order chi connectivity index (χ0) is 11.4. The number of anilines is 2. The van der Waals surface area contributed by atoms with Crippen LogP contribution in [0.1, 0.15) is 4.88 Å². The van der Waals surface area contributed by atoms with E-state index in [2.05, 4.69) is 16.4 Å². The van der Waals surface area contributed by atoms with E-state index in [1.807, 2.05) is 24.3 Å². The molecule has 2 rings (SSSR count). The van der Waals surface area contributed by atoms with Gasteiger partial charge in [0.2, 0.25) is 0 Å². The van der Waals surface area contributed by atoms with Gasteiger partial charge in [-0.05, 0) is 12.1 Å². The molecule has 1 aromatic heterocycles. The summed E-state index contributed by atoms with van der Waals surface area (Å²) >= 11 is 1.31. The number of ether oxygens (including phenoxy) is 1. The molecule has 2 aromatic rings. The summed E-state index contributed by atoms with van der Waals surface area (Å²) in [6, 6.07) is 9.56. The van der Waals surface area contributed by atoms with Crippen LogP contribution in [0.4, 0.5) is 11.5 Å². The maximum absolute atomic E-state index is 8.84. The molecule has 0 radical (unpaired) electrons. The van der Waals surface area contributed by atoms with Crippen molar-refractivity contribution in [2.45, 2.75) is 0 Å². The number of methoxy groups -OCH3 is 1. The standard InChI is InChI=1S/C11H9N3OS/c1-15-9-4-2-3-8(5-9)14-11-10(6-12)16-7-13-11/h2-5,7,14H,1H3. The number of nitriles is 1. The lowest BCUT2D eigenvalue weighted by Crippen LogP contribution is -1.93. The van der Waals surface area contributed by atoms with Gasteiger partial charge in [0.15, 0.2) is 5.82 Å². The highest BCUT2D eigenvalue weighted by Crippen LogP contribution is 2.24. The van der Waals surface area contributed by atoms with Gasteiger partial charge >= 0.3 is 0 Å². The number of hydrogen-bond acceptors (Lipinski definition) is 5. The van der Waals surface area contributed by atoms with Gasteiger partial charge in [0, 0.05) is 11.8 Å². The summed E-state index contributed by atoms with van der Waals surface area (Å²) < 4.78 is 5.11. The van der Waals surface area contributed by atoms with Gasteiger partial charge in [0.05, 0.1) is 12.6 Å². The Kier molecular flexibility index (Phi) is 3.03. The van der Waals surface area contributed by atoms with Gasteiger partial charge in [-0.3, -0.25) is 0 Å². The predicted molar refractivity (Wildman–Crippen MR) is 63.1 cm³/mol. The molecule has 5 heteroatoms. The average molecular weight is 231 g/mol. The molecule has 4 nitrogen and oxygen atoms in total. The van der Waals surface area contributed by atoms with E-state index in [1.165, 1.54) is 11.3 Å². The van der Waals surface area contributed by atoms with Gasteiger partial charge < -0.3 is 10.1 Å². The average Bonchev–Trinajstić information content (AvgIpc) is 2.76. The molecule has 0 fully saturated rings. The number of aromatic nitrogens is 1. The minimum Gasteiger partial charge on any atom is -0.497 e. The fourth-order valence-corrected chi connectivity index (χ4v) is 1.78. The maximum atomic E-state index is 8.84. The molecule has 1 heterocycles. The summed E-state index contributed by atoms with van der Waals surface area (Å²) in [5, 5.41) is 11.9. The Morgan fingerprint density at radius 1 is 1.50 bits per heavy atom. The molecule has 0 bridgehead atoms. The molecular weight excluding hydrogens is 222 g/mol. The van der Waals surface area contributed by atoms with E-state index in [4.69, 9.17) is 10.00 Å². The van der Waals surface area contributed by atoms with Crippen molar-refractivity contribution in [3.05, 3.63) is 34.7 Å². The second-order valence-corrected chi connectivity index (χ2v) is 3.85. The third kappa shape index (κ3) is 2.12. The Labute approximate surface area is 97.1 Å². The molecule has 1 N–H and O–H groups in total. The molecule has 0 amide bonds. The smallest absolute Gasteiger partial charge is 0.159 e. The van der Waals surface area contributed by atoms with Crippen molar-refractivity contribution in [3.63, 3.8) is 0 Å². The van der Waals surface area contributed by atoms with Gasteiger partial charge in [-0.2, -0.15) is 5.26 Å². The summed E-state index contributed by atoms with van der Waals surface area (Å²) in [5.41, 5.74) is 2.49. The van der Waals surface area contributed by atoms with Crippen molar-refractivity contribution in [2.75, 3.05) is 12.4 Å². The van der Waals surface area contributed by atoms with E-state index >= 15 is 0 Å². The fraction of sp³-hybridized carbons (Fsp3) is 0.0909. The third-order valence-corrected chi connectivity index (χ3v) is 2.73. The van der Waals surface area contributed by atoms with Gasteiger partial charge in [-0.25, -0.2) is 4.98 Å². The second-order valence-electron chi connectivity index (χ2n) is 3.00. The zero-order valence-corrected chi connectivity index (χ0v) is 9.41. The highest BCUT2D eigenvalue weighted by Gasteiger charge is 2.05. The SMILES string of the molecule is COc1cccc(Nc2ncsc2C#N)c1. The van der Waals surface area contributed by atoms with Crippen LogP contribution < -0.4 is 10.1 Å². The Morgan fingerprint density at radius 3 is 3.12 bits per heavy atom. The summed E-state index contributed by atoms with van der Waals surface area (Å²) in [5.74, 6) is 1.35. The molecule has 0 aliphatic carbocycles. The first-order valence-electron chi connectivity index (χ1n) is 4.58. The third-order valence-electron chi connectivity index (χ3n) is 2.00. The van der Waals surface area contributed by atoms with E-state index in [0.29, 0.717) is 10.7 Å². The van der Waals surface area contributed by atoms with Crippen LogP contribution in [-0.4, -0.2) is 12.1 Å². The van der Waals surface area contributed by atoms with Crippen LogP contribution in [0.15, 0.2) is 29.8 Å². The molecule has 80 valence electrons. The molecule has 16 heavy (non-hydrogen) atoms. The first kappa shape index (κ1) is 10.5. The summed E-state index contributed by atoms with van der Waals surface area (Å²) in [6.45, 7) is 0. The Hall–Kier alpha value is -2.06. The van der Waals surface area contributed by atoms with Crippen LogP contribution in [0.3, 0.4) is 0 Å². The number of benzene rings is 1. The lowest BCUT2D eigenvalue weighted by atomic mass is 10.3. The van der Waals surface area contributed by atoms with E-state index in [0.717, 1.165) is 11.4 Å². The van der Waals surface area contributed by atoms with Gasteiger partial charge in [-0.1, -0.05) is 6.07 Å². The normalized spacial score (nSPS) is 9.50. The highest BCUT2D eigenvalue weighted by atomic mass is 32.1. The Balaban J connectivity index is 2.24. The highest BCUT2D eigenvalue weighted by molar-refractivity contribution is 7.10. The van der Waals surface area contributed by atoms with E-state index in [-0.39, 0.29) is 0 Å². The van der Waals surface area contributed by atoms with Crippen LogP contribution in [0, 0.1) is 11.3 Å². The lowest BCUT2D eigenvalue weighted by molar-refractivity contribution is 0.415. The van der Waals surface area contributed by atoms with E-state index in [9.17, 15) is 0 Å². The number of thiazole rings is 1. The second kappa shape index (κ2) is 4.64. The Bertz CT molecular complexity index is 530. The number of rotatable bonds is 3. The summed E-state index contributed by atoms with van der Waals surface area (Å²) in [4.78, 5) is 4.65. The van der Waals surface area contributed by atoms with Crippen molar-refractivity contribution < 1.29 is 4.74 Å². The van der Waals surface area contributed by atoms with Gasteiger partial charge in [-0.15, -0.1) is 11.3 Å². The minimum absolute atomic E-state index is 0.572. The molecule has 0 saturated heterocycles. The van der Waals surface area contributed by atoms with Crippen molar-refractivity contribution in [2.24, 2.45) is 0 Å². The van der Waals surface area contributed by atoms with Crippen LogP contribution >= 0.6 is 11.3 Å². The van der Waals surface area contributed by atoms with Crippen LogP contribution in [0.25, 0.3) is 0 Å². The first-order chi connectivity index (χ1) is 7.83.